The van der Waals surface area contributed by atoms with E-state index >= 15 is 0 Å². The van der Waals surface area contributed by atoms with E-state index in [9.17, 15) is 5.11 Å². The highest BCUT2D eigenvalue weighted by Gasteiger charge is 2.13. The molecule has 1 aromatic carbocycles. The van der Waals surface area contributed by atoms with E-state index in [2.05, 4.69) is 41.1 Å². The molecule has 0 heterocycles. The van der Waals surface area contributed by atoms with E-state index in [0.717, 1.165) is 10.0 Å². The third-order valence-corrected chi connectivity index (χ3v) is 2.73. The predicted molar refractivity (Wildman–Crippen MR) is 58.9 cm³/mol. The van der Waals surface area contributed by atoms with E-state index in [0.29, 0.717) is 6.42 Å². The fourth-order valence-corrected chi connectivity index (χ4v) is 1.67. The van der Waals surface area contributed by atoms with E-state index in [-0.39, 0.29) is 0 Å². The van der Waals surface area contributed by atoms with Crippen LogP contribution in [0.4, 0.5) is 0 Å². The second-order valence-electron chi connectivity index (χ2n) is 4.07. The molecule has 0 aromatic heterocycles. The van der Waals surface area contributed by atoms with Gasteiger partial charge < -0.3 is 5.11 Å². The summed E-state index contributed by atoms with van der Waals surface area (Å²) in [5.74, 6) is 0. The Morgan fingerprint density at radius 2 is 2.00 bits per heavy atom. The minimum absolute atomic E-state index is 0.630. The Kier molecular flexibility index (Phi) is 3.14. The van der Waals surface area contributed by atoms with Crippen molar-refractivity contribution >= 4 is 15.9 Å². The number of hydrogen-bond acceptors (Lipinski definition) is 1. The lowest BCUT2D eigenvalue weighted by Gasteiger charge is -2.17. The van der Waals surface area contributed by atoms with Gasteiger partial charge in [0.15, 0.2) is 0 Å². The number of aliphatic hydroxyl groups is 1. The van der Waals surface area contributed by atoms with Crippen molar-refractivity contribution in [2.24, 2.45) is 0 Å². The Bertz CT molecular complexity index is 299. The quantitative estimate of drug-likeness (QED) is 0.846. The lowest BCUT2D eigenvalue weighted by molar-refractivity contribution is 0.0810. The Morgan fingerprint density at radius 1 is 1.38 bits per heavy atom. The van der Waals surface area contributed by atoms with Crippen molar-refractivity contribution in [2.45, 2.75) is 32.8 Å². The molecule has 0 amide bonds. The van der Waals surface area contributed by atoms with Gasteiger partial charge in [0.25, 0.3) is 0 Å². The van der Waals surface area contributed by atoms with Gasteiger partial charge in [-0.05, 0) is 38.0 Å². The van der Waals surface area contributed by atoms with Crippen molar-refractivity contribution in [3.63, 3.8) is 0 Å². The van der Waals surface area contributed by atoms with Crippen LogP contribution in [0.1, 0.15) is 25.0 Å². The van der Waals surface area contributed by atoms with Crippen LogP contribution in [0.25, 0.3) is 0 Å². The molecule has 1 nitrogen and oxygen atoms in total. The molecule has 0 aliphatic rings. The SMILES string of the molecule is Cc1ccc(CC(C)(C)O)cc1Br. The minimum atomic E-state index is -0.630. The Balaban J connectivity index is 2.86. The number of halogens is 1. The summed E-state index contributed by atoms with van der Waals surface area (Å²) in [6.45, 7) is 5.69. The van der Waals surface area contributed by atoms with Crippen LogP contribution in [-0.2, 0) is 6.42 Å². The largest absolute Gasteiger partial charge is 0.390 e. The summed E-state index contributed by atoms with van der Waals surface area (Å²) in [4.78, 5) is 0. The first kappa shape index (κ1) is 10.7. The average Bonchev–Trinajstić information content (AvgIpc) is 1.94. The molecular weight excluding hydrogens is 228 g/mol. The van der Waals surface area contributed by atoms with Gasteiger partial charge in [0.1, 0.15) is 0 Å². The Labute approximate surface area is 87.9 Å². The molecule has 0 atom stereocenters. The third kappa shape index (κ3) is 3.49. The van der Waals surface area contributed by atoms with Crippen LogP contribution in [0.5, 0.6) is 0 Å². The zero-order valence-corrected chi connectivity index (χ0v) is 9.85. The summed E-state index contributed by atoms with van der Waals surface area (Å²) in [6, 6.07) is 6.18. The average molecular weight is 243 g/mol. The first-order valence-corrected chi connectivity index (χ1v) is 5.15. The first-order chi connectivity index (χ1) is 5.88. The summed E-state index contributed by atoms with van der Waals surface area (Å²) in [7, 11) is 0. The van der Waals surface area contributed by atoms with Crippen molar-refractivity contribution < 1.29 is 5.11 Å². The molecule has 0 unspecified atom stereocenters. The first-order valence-electron chi connectivity index (χ1n) is 4.36. The second kappa shape index (κ2) is 3.81. The highest BCUT2D eigenvalue weighted by Crippen LogP contribution is 2.20. The van der Waals surface area contributed by atoms with Crippen LogP contribution in [0.3, 0.4) is 0 Å². The van der Waals surface area contributed by atoms with Gasteiger partial charge in [-0.15, -0.1) is 0 Å². The molecular formula is C11H15BrO. The summed E-state index contributed by atoms with van der Waals surface area (Å²) in [5, 5.41) is 9.62. The predicted octanol–water partition coefficient (Wildman–Crippen LogP) is 3.07. The van der Waals surface area contributed by atoms with Gasteiger partial charge in [-0.25, -0.2) is 0 Å². The maximum absolute atomic E-state index is 9.62. The molecule has 0 saturated carbocycles. The van der Waals surface area contributed by atoms with Gasteiger partial charge in [0.05, 0.1) is 5.60 Å². The van der Waals surface area contributed by atoms with Crippen LogP contribution >= 0.6 is 15.9 Å². The van der Waals surface area contributed by atoms with Crippen molar-refractivity contribution in [3.05, 3.63) is 33.8 Å². The van der Waals surface area contributed by atoms with Crippen LogP contribution in [-0.4, -0.2) is 10.7 Å². The van der Waals surface area contributed by atoms with E-state index in [1.165, 1.54) is 5.56 Å². The van der Waals surface area contributed by atoms with E-state index in [4.69, 9.17) is 0 Å². The van der Waals surface area contributed by atoms with E-state index < -0.39 is 5.60 Å². The molecule has 1 rings (SSSR count). The van der Waals surface area contributed by atoms with Gasteiger partial charge in [0, 0.05) is 10.9 Å². The standard InChI is InChI=1S/C11H15BrO/c1-8-4-5-9(6-10(8)12)7-11(2,3)13/h4-6,13H,7H2,1-3H3. The second-order valence-corrected chi connectivity index (χ2v) is 4.93. The Hall–Kier alpha value is -0.340. The molecule has 1 N–H and O–H groups in total. The fourth-order valence-electron chi connectivity index (χ4n) is 1.25. The molecule has 0 spiro atoms. The summed E-state index contributed by atoms with van der Waals surface area (Å²) in [6.07, 6.45) is 0.686. The number of rotatable bonds is 2. The van der Waals surface area contributed by atoms with E-state index in [1.54, 1.807) is 0 Å². The van der Waals surface area contributed by atoms with Gasteiger partial charge >= 0.3 is 0 Å². The smallest absolute Gasteiger partial charge is 0.0631 e. The minimum Gasteiger partial charge on any atom is -0.390 e. The van der Waals surface area contributed by atoms with Gasteiger partial charge in [0.2, 0.25) is 0 Å². The molecule has 0 bridgehead atoms. The maximum atomic E-state index is 9.62. The normalized spacial score (nSPS) is 11.8. The summed E-state index contributed by atoms with van der Waals surface area (Å²) in [5.41, 5.74) is 1.75. The molecule has 0 saturated heterocycles. The van der Waals surface area contributed by atoms with Crippen molar-refractivity contribution in [1.82, 2.24) is 0 Å². The lowest BCUT2D eigenvalue weighted by atomic mass is 9.98. The maximum Gasteiger partial charge on any atom is 0.0631 e. The van der Waals surface area contributed by atoms with Crippen LogP contribution in [0.15, 0.2) is 22.7 Å². The van der Waals surface area contributed by atoms with Crippen molar-refractivity contribution in [1.29, 1.82) is 0 Å². The van der Waals surface area contributed by atoms with Crippen LogP contribution < -0.4 is 0 Å². The number of aryl methyl sites for hydroxylation is 1. The third-order valence-electron chi connectivity index (χ3n) is 1.87. The van der Waals surface area contributed by atoms with Crippen LogP contribution in [0.2, 0.25) is 0 Å². The number of hydrogen-bond donors (Lipinski definition) is 1. The molecule has 72 valence electrons. The van der Waals surface area contributed by atoms with Gasteiger partial charge in [-0.3, -0.25) is 0 Å². The Morgan fingerprint density at radius 3 is 2.46 bits per heavy atom. The fraction of sp³-hybridized carbons (Fsp3) is 0.455. The molecule has 13 heavy (non-hydrogen) atoms. The molecule has 0 radical (unpaired) electrons. The molecule has 0 aliphatic carbocycles. The zero-order chi connectivity index (χ0) is 10.1. The zero-order valence-electron chi connectivity index (χ0n) is 8.26. The van der Waals surface area contributed by atoms with E-state index in [1.807, 2.05) is 13.8 Å². The highest BCUT2D eigenvalue weighted by atomic mass is 79.9. The highest BCUT2D eigenvalue weighted by molar-refractivity contribution is 9.10. The summed E-state index contributed by atoms with van der Waals surface area (Å²) >= 11 is 3.47. The summed E-state index contributed by atoms with van der Waals surface area (Å²) < 4.78 is 1.11. The monoisotopic (exact) mass is 242 g/mol. The lowest BCUT2D eigenvalue weighted by Crippen LogP contribution is -2.21. The van der Waals surface area contributed by atoms with Gasteiger partial charge in [-0.2, -0.15) is 0 Å². The van der Waals surface area contributed by atoms with Crippen LogP contribution in [0, 0.1) is 6.92 Å². The number of benzene rings is 1. The molecule has 0 fully saturated rings. The van der Waals surface area contributed by atoms with Crippen molar-refractivity contribution in [2.75, 3.05) is 0 Å². The van der Waals surface area contributed by atoms with Gasteiger partial charge in [-0.1, -0.05) is 28.1 Å². The molecule has 0 aliphatic heterocycles. The molecule has 2 heteroatoms. The van der Waals surface area contributed by atoms with Crippen molar-refractivity contribution in [3.8, 4) is 0 Å². The topological polar surface area (TPSA) is 20.2 Å². The molecule has 1 aromatic rings.